The third kappa shape index (κ3) is 3.64. The normalized spacial score (nSPS) is 28.6. The van der Waals surface area contributed by atoms with Crippen molar-refractivity contribution in [3.63, 3.8) is 0 Å². The Hall–Kier alpha value is 0.01000. The fourth-order valence-electron chi connectivity index (χ4n) is 1.59. The Balaban J connectivity index is 2.44. The van der Waals surface area contributed by atoms with Crippen LogP contribution >= 0.6 is 23.2 Å². The number of alkyl halides is 2. The number of halogens is 2. The van der Waals surface area contributed by atoms with Crippen molar-refractivity contribution >= 4 is 29.2 Å². The van der Waals surface area contributed by atoms with E-state index in [-0.39, 0.29) is 0 Å². The highest BCUT2D eigenvalue weighted by Gasteiger charge is 2.27. The van der Waals surface area contributed by atoms with Crippen LogP contribution in [0.1, 0.15) is 32.1 Å². The summed E-state index contributed by atoms with van der Waals surface area (Å²) < 4.78 is 4.99. The van der Waals surface area contributed by atoms with E-state index in [1.807, 2.05) is 0 Å². The van der Waals surface area contributed by atoms with E-state index >= 15 is 0 Å². The van der Waals surface area contributed by atoms with Crippen LogP contribution in [0.5, 0.6) is 0 Å². The summed E-state index contributed by atoms with van der Waals surface area (Å²) in [5, 5.41) is 9.62. The topological polar surface area (TPSA) is 46.5 Å². The molecule has 0 amide bonds. The summed E-state index contributed by atoms with van der Waals surface area (Å²) in [4.78, 5) is 9.91. The second-order valence-corrected chi connectivity index (χ2v) is 4.58. The zero-order valence-corrected chi connectivity index (χ0v) is 9.30. The zero-order chi connectivity index (χ0) is 10.6. The lowest BCUT2D eigenvalue weighted by atomic mass is 10.1. The number of aliphatic hydroxyl groups is 1. The highest BCUT2D eigenvalue weighted by Crippen LogP contribution is 2.21. The van der Waals surface area contributed by atoms with E-state index in [4.69, 9.17) is 27.9 Å². The maximum atomic E-state index is 11.1. The molecule has 1 aliphatic rings. The Bertz CT molecular complexity index is 196. The van der Waals surface area contributed by atoms with E-state index in [1.165, 1.54) is 0 Å². The van der Waals surface area contributed by atoms with E-state index in [9.17, 15) is 9.90 Å². The Morgan fingerprint density at radius 2 is 1.93 bits per heavy atom. The predicted molar refractivity (Wildman–Crippen MR) is 54.5 cm³/mol. The lowest BCUT2D eigenvalue weighted by molar-refractivity contribution is -0.153. The van der Waals surface area contributed by atoms with Crippen molar-refractivity contribution in [2.24, 2.45) is 0 Å². The number of rotatable bonds is 2. The van der Waals surface area contributed by atoms with Crippen molar-refractivity contribution < 1.29 is 14.6 Å². The lowest BCUT2D eigenvalue weighted by Crippen LogP contribution is -2.32. The maximum Gasteiger partial charge on any atom is 0.339 e. The van der Waals surface area contributed by atoms with Crippen molar-refractivity contribution in [3.05, 3.63) is 0 Å². The molecule has 1 N–H and O–H groups in total. The van der Waals surface area contributed by atoms with E-state index in [2.05, 4.69) is 0 Å². The molecule has 2 atom stereocenters. The van der Waals surface area contributed by atoms with Gasteiger partial charge in [0.1, 0.15) is 6.10 Å². The van der Waals surface area contributed by atoms with Crippen LogP contribution < -0.4 is 0 Å². The molecule has 1 rings (SSSR count). The molecule has 0 aromatic carbocycles. The van der Waals surface area contributed by atoms with Gasteiger partial charge in [-0.3, -0.25) is 0 Å². The summed E-state index contributed by atoms with van der Waals surface area (Å²) in [7, 11) is 0. The molecule has 0 radical (unpaired) electrons. The molecule has 0 aromatic rings. The molecule has 0 unspecified atom stereocenters. The second-order valence-electron chi connectivity index (χ2n) is 3.48. The SMILES string of the molecule is O=C(O[C@@H]1CCCCC[C@@H]1O)C(Cl)Cl. The smallest absolute Gasteiger partial charge is 0.339 e. The van der Waals surface area contributed by atoms with E-state index in [0.29, 0.717) is 12.8 Å². The first kappa shape index (κ1) is 12.1. The van der Waals surface area contributed by atoms with Gasteiger partial charge in [-0.25, -0.2) is 4.79 Å². The third-order valence-electron chi connectivity index (χ3n) is 2.36. The summed E-state index contributed by atoms with van der Waals surface area (Å²) >= 11 is 10.7. The number of aliphatic hydroxyl groups excluding tert-OH is 1. The molecule has 0 spiro atoms. The minimum Gasteiger partial charge on any atom is -0.458 e. The highest BCUT2D eigenvalue weighted by molar-refractivity contribution is 6.52. The van der Waals surface area contributed by atoms with Crippen LogP contribution in [0.4, 0.5) is 0 Å². The zero-order valence-electron chi connectivity index (χ0n) is 7.79. The Morgan fingerprint density at radius 1 is 1.29 bits per heavy atom. The molecule has 0 saturated heterocycles. The van der Waals surface area contributed by atoms with Gasteiger partial charge in [-0.2, -0.15) is 0 Å². The maximum absolute atomic E-state index is 11.1. The first-order valence-electron chi connectivity index (χ1n) is 4.78. The monoisotopic (exact) mass is 240 g/mol. The van der Waals surface area contributed by atoms with Gasteiger partial charge < -0.3 is 9.84 Å². The minimum absolute atomic E-state index is 0.440. The molecule has 0 aliphatic heterocycles. The quantitative estimate of drug-likeness (QED) is 0.457. The summed E-state index contributed by atoms with van der Waals surface area (Å²) in [6.45, 7) is 0. The molecule has 14 heavy (non-hydrogen) atoms. The average molecular weight is 241 g/mol. The molecule has 0 bridgehead atoms. The van der Waals surface area contributed by atoms with Crippen molar-refractivity contribution in [1.82, 2.24) is 0 Å². The second kappa shape index (κ2) is 5.79. The van der Waals surface area contributed by atoms with Crippen molar-refractivity contribution in [3.8, 4) is 0 Å². The predicted octanol–water partition coefficient (Wildman–Crippen LogP) is 2.03. The van der Waals surface area contributed by atoms with E-state index in [0.717, 1.165) is 19.3 Å². The van der Waals surface area contributed by atoms with Crippen molar-refractivity contribution in [1.29, 1.82) is 0 Å². The fourth-order valence-corrected chi connectivity index (χ4v) is 1.70. The lowest BCUT2D eigenvalue weighted by Gasteiger charge is -2.20. The van der Waals surface area contributed by atoms with Gasteiger partial charge in [0, 0.05) is 0 Å². The number of carbonyl (C=O) groups excluding carboxylic acids is 1. The standard InChI is InChI=1S/C9H14Cl2O3/c10-8(11)9(13)14-7-5-3-1-2-4-6(7)12/h6-8,12H,1-5H2/t6-,7+/m0/s1. The van der Waals surface area contributed by atoms with Crippen LogP contribution in [0, 0.1) is 0 Å². The largest absolute Gasteiger partial charge is 0.458 e. The van der Waals surface area contributed by atoms with Crippen LogP contribution in [-0.2, 0) is 9.53 Å². The minimum atomic E-state index is -1.16. The van der Waals surface area contributed by atoms with Crippen LogP contribution in [0.2, 0.25) is 0 Å². The highest BCUT2D eigenvalue weighted by atomic mass is 35.5. The Labute approximate surface area is 93.3 Å². The molecule has 82 valence electrons. The number of ether oxygens (including phenoxy) is 1. The summed E-state index contributed by atoms with van der Waals surface area (Å²) in [6.07, 6.45) is 3.35. The van der Waals surface area contributed by atoms with Crippen LogP contribution in [-0.4, -0.2) is 28.1 Å². The van der Waals surface area contributed by atoms with Gasteiger partial charge in [0.2, 0.25) is 4.84 Å². The summed E-state index contributed by atoms with van der Waals surface area (Å²) in [6, 6.07) is 0. The fraction of sp³-hybridized carbons (Fsp3) is 0.889. The molecule has 1 aliphatic carbocycles. The van der Waals surface area contributed by atoms with Crippen LogP contribution in [0.15, 0.2) is 0 Å². The molecule has 0 heterocycles. The molecule has 3 nitrogen and oxygen atoms in total. The number of carbonyl (C=O) groups is 1. The van der Waals surface area contributed by atoms with E-state index < -0.39 is 23.0 Å². The van der Waals surface area contributed by atoms with Crippen LogP contribution in [0.25, 0.3) is 0 Å². The van der Waals surface area contributed by atoms with Gasteiger partial charge >= 0.3 is 5.97 Å². The van der Waals surface area contributed by atoms with Gasteiger partial charge in [-0.05, 0) is 19.3 Å². The molecule has 1 saturated carbocycles. The average Bonchev–Trinajstić information content (AvgIpc) is 2.32. The van der Waals surface area contributed by atoms with Gasteiger partial charge in [-0.15, -0.1) is 0 Å². The van der Waals surface area contributed by atoms with Gasteiger partial charge in [-0.1, -0.05) is 36.0 Å². The Morgan fingerprint density at radius 3 is 2.57 bits per heavy atom. The van der Waals surface area contributed by atoms with Gasteiger partial charge in [0.25, 0.3) is 0 Å². The van der Waals surface area contributed by atoms with Crippen LogP contribution in [0.3, 0.4) is 0 Å². The number of hydrogen-bond acceptors (Lipinski definition) is 3. The molecular formula is C9H14Cl2O3. The van der Waals surface area contributed by atoms with Crippen molar-refractivity contribution in [2.45, 2.75) is 49.1 Å². The molecule has 5 heteroatoms. The molecule has 0 aromatic heterocycles. The number of hydrogen-bond donors (Lipinski definition) is 1. The Kier molecular flexibility index (Phi) is 4.99. The van der Waals surface area contributed by atoms with Crippen molar-refractivity contribution in [2.75, 3.05) is 0 Å². The number of esters is 1. The first-order chi connectivity index (χ1) is 6.61. The molecular weight excluding hydrogens is 227 g/mol. The van der Waals surface area contributed by atoms with Gasteiger partial charge in [0.05, 0.1) is 6.10 Å². The summed E-state index contributed by atoms with van der Waals surface area (Å²) in [5.41, 5.74) is 0. The van der Waals surface area contributed by atoms with E-state index in [1.54, 1.807) is 0 Å². The van der Waals surface area contributed by atoms with Gasteiger partial charge in [0.15, 0.2) is 0 Å². The molecule has 1 fully saturated rings. The third-order valence-corrected chi connectivity index (χ3v) is 2.72. The first-order valence-corrected chi connectivity index (χ1v) is 5.65. The summed E-state index contributed by atoms with van der Waals surface area (Å²) in [5.74, 6) is -0.667.